The van der Waals surface area contributed by atoms with Gasteiger partial charge in [-0.2, -0.15) is 0 Å². The summed E-state index contributed by atoms with van der Waals surface area (Å²) in [5.41, 5.74) is 1.55. The normalized spacial score (nSPS) is 15.0. The molecule has 1 aromatic carbocycles. The molecule has 1 fully saturated rings. The van der Waals surface area contributed by atoms with E-state index in [1.165, 1.54) is 9.80 Å². The van der Waals surface area contributed by atoms with Crippen molar-refractivity contribution in [2.45, 2.75) is 110 Å². The first-order chi connectivity index (χ1) is 29.1. The van der Waals surface area contributed by atoms with Crippen LogP contribution in [0.3, 0.4) is 0 Å². The first kappa shape index (κ1) is 49.5. The zero-order valence-electron chi connectivity index (χ0n) is 35.9. The van der Waals surface area contributed by atoms with E-state index in [-0.39, 0.29) is 57.0 Å². The number of aromatic amines is 1. The number of carbonyl (C=O) groups is 9. The molecule has 336 valence electrons. The molecule has 1 aromatic heterocycles. The van der Waals surface area contributed by atoms with Crippen LogP contribution in [0.25, 0.3) is 10.9 Å². The number of ketones is 1. The molecule has 19 nitrogen and oxygen atoms in total. The summed E-state index contributed by atoms with van der Waals surface area (Å²) in [7, 11) is 0. The lowest BCUT2D eigenvalue weighted by Gasteiger charge is -2.30. The largest absolute Gasteiger partial charge is 0.480 e. The van der Waals surface area contributed by atoms with Crippen molar-refractivity contribution in [1.29, 1.82) is 0 Å². The van der Waals surface area contributed by atoms with Gasteiger partial charge in [0.25, 0.3) is 0 Å². The molecule has 0 radical (unpaired) electrons. The highest BCUT2D eigenvalue weighted by molar-refractivity contribution is 5.97. The second-order valence-corrected chi connectivity index (χ2v) is 15.7. The van der Waals surface area contributed by atoms with Gasteiger partial charge in [0.1, 0.15) is 30.5 Å². The fraction of sp³-hybridized carbons (Fsp3) is 0.595. The number of amides is 7. The van der Waals surface area contributed by atoms with Crippen molar-refractivity contribution in [2.24, 2.45) is 5.92 Å². The molecule has 1 aliphatic heterocycles. The maximum atomic E-state index is 14.1. The number of aliphatic carboxylic acids is 1. The van der Waals surface area contributed by atoms with Gasteiger partial charge in [0.05, 0.1) is 32.2 Å². The van der Waals surface area contributed by atoms with Gasteiger partial charge in [0, 0.05) is 43.0 Å². The summed E-state index contributed by atoms with van der Waals surface area (Å²) in [6.07, 6.45) is 4.51. The van der Waals surface area contributed by atoms with Crippen LogP contribution >= 0.6 is 0 Å². The number of hydrogen-bond donors (Lipinski definition) is 8. The fourth-order valence-corrected chi connectivity index (χ4v) is 7.05. The van der Waals surface area contributed by atoms with E-state index in [1.54, 1.807) is 6.20 Å². The number of nitrogens with zero attached hydrogens (tertiary/aromatic N) is 2. The number of nitrogens with one attached hydrogen (secondary N) is 7. The molecule has 0 saturated carbocycles. The number of carbonyl (C=O) groups excluding carboxylic acids is 8. The third-order valence-electron chi connectivity index (χ3n) is 9.98. The van der Waals surface area contributed by atoms with E-state index in [0.717, 1.165) is 16.5 Å². The first-order valence-electron chi connectivity index (χ1n) is 21.1. The third kappa shape index (κ3) is 16.3. The maximum absolute atomic E-state index is 14.1. The second-order valence-electron chi connectivity index (χ2n) is 15.7. The Kier molecular flexibility index (Phi) is 20.3. The monoisotopic (exact) mass is 853 g/mol. The molecule has 1 aliphatic rings. The number of carboxylic acid groups (broad SMARTS) is 1. The Labute approximate surface area is 356 Å². The lowest BCUT2D eigenvalue weighted by molar-refractivity contribution is -0.146. The molecule has 0 bridgehead atoms. The van der Waals surface area contributed by atoms with Crippen molar-refractivity contribution in [1.82, 2.24) is 46.7 Å². The Morgan fingerprint density at radius 2 is 1.39 bits per heavy atom. The van der Waals surface area contributed by atoms with Crippen LogP contribution in [0.15, 0.2) is 30.5 Å². The Morgan fingerprint density at radius 1 is 0.787 bits per heavy atom. The number of para-hydroxylation sites is 1. The molecule has 8 N–H and O–H groups in total. The highest BCUT2D eigenvalue weighted by Gasteiger charge is 2.32. The lowest BCUT2D eigenvalue weighted by atomic mass is 10.0. The molecule has 7 amide bonds. The van der Waals surface area contributed by atoms with Gasteiger partial charge in [-0.05, 0) is 43.2 Å². The molecule has 2 heterocycles. The molecule has 3 rings (SSSR count). The summed E-state index contributed by atoms with van der Waals surface area (Å²) in [5, 5.41) is 26.2. The number of rotatable bonds is 26. The Morgan fingerprint density at radius 3 is 2.00 bits per heavy atom. The van der Waals surface area contributed by atoms with E-state index < -0.39 is 97.7 Å². The first-order valence-corrected chi connectivity index (χ1v) is 21.1. The van der Waals surface area contributed by atoms with Crippen molar-refractivity contribution in [2.75, 3.05) is 45.8 Å². The van der Waals surface area contributed by atoms with Crippen molar-refractivity contribution in [3.63, 3.8) is 0 Å². The van der Waals surface area contributed by atoms with Crippen molar-refractivity contribution in [3.8, 4) is 0 Å². The van der Waals surface area contributed by atoms with Crippen LogP contribution in [-0.2, 0) is 49.6 Å². The molecular formula is C42H63N9O10. The zero-order valence-corrected chi connectivity index (χ0v) is 35.9. The molecule has 61 heavy (non-hydrogen) atoms. The molecule has 0 spiro atoms. The van der Waals surface area contributed by atoms with Crippen LogP contribution < -0.4 is 31.9 Å². The molecule has 4 atom stereocenters. The topological polar surface area (TPSA) is 268 Å². The van der Waals surface area contributed by atoms with Gasteiger partial charge < -0.3 is 46.5 Å². The summed E-state index contributed by atoms with van der Waals surface area (Å²) in [5.74, 6) is -5.63. The van der Waals surface area contributed by atoms with Gasteiger partial charge in [0.15, 0.2) is 0 Å². The van der Waals surface area contributed by atoms with Crippen LogP contribution in [-0.4, -0.2) is 143 Å². The number of benzene rings is 1. The summed E-state index contributed by atoms with van der Waals surface area (Å²) in [4.78, 5) is 122. The van der Waals surface area contributed by atoms with Gasteiger partial charge in [-0.1, -0.05) is 65.7 Å². The second kappa shape index (κ2) is 25.0. The number of H-pyrrole nitrogens is 1. The average Bonchev–Trinajstić information content (AvgIpc) is 3.84. The van der Waals surface area contributed by atoms with Crippen LogP contribution in [0.4, 0.5) is 0 Å². The number of Topliss-reactive ketones (excluding diaryl/α,β-unsaturated/α-hetero) is 1. The molecule has 2 unspecified atom stereocenters. The predicted octanol–water partition coefficient (Wildman–Crippen LogP) is 0.126. The SMILES string of the molecule is CCCCC(NC(=O)CNC(=O)C1CC(=O)CN1)C(=O)NCC(=O)N[C@@H](CC(C)C)C(=O)N(CCC)CC(=O)N[C@@H](Cc1c[nH]c2ccccc12)C(=O)N(CCC)CC(=O)O. The molecular weight excluding hydrogens is 791 g/mol. The summed E-state index contributed by atoms with van der Waals surface area (Å²) in [6.45, 7) is 7.68. The standard InChI is InChI=1S/C42H63N9O10/c1-6-9-13-31(47-35(53)22-46-40(59)32-19-28(52)21-44-32)39(58)45-23-36(54)48-33(17-26(4)5)41(60)50(15-7-2)24-37(55)49-34(42(61)51(16-8-3)25-38(56)57)18-27-20-43-30-14-11-10-12-29(27)30/h10-12,14,20,26,31-34,43-44H,6-9,13,15-19,21-25H2,1-5H3,(H,45,58)(H,46,59)(H,47,53)(H,48,54)(H,49,55)(H,56,57)/t31?,32?,33-,34-/m0/s1. The third-order valence-corrected chi connectivity index (χ3v) is 9.98. The van der Waals surface area contributed by atoms with Gasteiger partial charge in [-0.15, -0.1) is 0 Å². The van der Waals surface area contributed by atoms with Crippen LogP contribution in [0.1, 0.15) is 85.1 Å². The minimum absolute atomic E-state index is 0.0259. The minimum atomic E-state index is -1.20. The smallest absolute Gasteiger partial charge is 0.323 e. The van der Waals surface area contributed by atoms with E-state index in [0.29, 0.717) is 25.7 Å². The molecule has 19 heteroatoms. The van der Waals surface area contributed by atoms with E-state index in [2.05, 4.69) is 36.9 Å². The number of fused-ring (bicyclic) bond motifs is 1. The average molecular weight is 854 g/mol. The van der Waals surface area contributed by atoms with Gasteiger partial charge in [-0.25, -0.2) is 0 Å². The Balaban J connectivity index is 1.69. The minimum Gasteiger partial charge on any atom is -0.480 e. The van der Waals surface area contributed by atoms with E-state index in [1.807, 2.05) is 58.9 Å². The summed E-state index contributed by atoms with van der Waals surface area (Å²) < 4.78 is 0. The van der Waals surface area contributed by atoms with E-state index in [9.17, 15) is 48.3 Å². The Hall–Kier alpha value is -5.85. The van der Waals surface area contributed by atoms with Crippen LogP contribution in [0, 0.1) is 5.92 Å². The Bertz CT molecular complexity index is 1860. The quantitative estimate of drug-likeness (QED) is 0.0630. The zero-order chi connectivity index (χ0) is 45.1. The van der Waals surface area contributed by atoms with E-state index >= 15 is 0 Å². The number of carboxylic acids is 1. The number of aromatic nitrogens is 1. The van der Waals surface area contributed by atoms with Gasteiger partial charge >= 0.3 is 5.97 Å². The number of unbranched alkanes of at least 4 members (excludes halogenated alkanes) is 1. The van der Waals surface area contributed by atoms with Crippen molar-refractivity contribution < 1.29 is 48.3 Å². The van der Waals surface area contributed by atoms with Crippen molar-refractivity contribution in [3.05, 3.63) is 36.0 Å². The summed E-state index contributed by atoms with van der Waals surface area (Å²) in [6, 6.07) is 3.46. The van der Waals surface area contributed by atoms with E-state index in [4.69, 9.17) is 0 Å². The number of hydrogen-bond acceptors (Lipinski definition) is 10. The molecule has 2 aromatic rings. The molecule has 0 aliphatic carbocycles. The van der Waals surface area contributed by atoms with Crippen molar-refractivity contribution >= 4 is 64.0 Å². The fourth-order valence-electron chi connectivity index (χ4n) is 7.05. The lowest BCUT2D eigenvalue weighted by Crippen LogP contribution is -2.56. The summed E-state index contributed by atoms with van der Waals surface area (Å²) >= 11 is 0. The molecule has 1 saturated heterocycles. The van der Waals surface area contributed by atoms with Crippen LogP contribution in [0.2, 0.25) is 0 Å². The van der Waals surface area contributed by atoms with Gasteiger partial charge in [-0.3, -0.25) is 48.5 Å². The maximum Gasteiger partial charge on any atom is 0.323 e. The highest BCUT2D eigenvalue weighted by Crippen LogP contribution is 2.20. The van der Waals surface area contributed by atoms with Gasteiger partial charge in [0.2, 0.25) is 41.4 Å². The predicted molar refractivity (Wildman–Crippen MR) is 226 cm³/mol. The highest BCUT2D eigenvalue weighted by atomic mass is 16.4. The van der Waals surface area contributed by atoms with Crippen LogP contribution in [0.5, 0.6) is 0 Å².